The number of methoxy groups -OCH3 is 1. The van der Waals surface area contributed by atoms with E-state index in [9.17, 15) is 14.1 Å². The Morgan fingerprint density at radius 1 is 1.00 bits per heavy atom. The van der Waals surface area contributed by atoms with Crippen LogP contribution in [0.3, 0.4) is 0 Å². The summed E-state index contributed by atoms with van der Waals surface area (Å²) in [4.78, 5) is 12.2. The predicted octanol–water partition coefficient (Wildman–Crippen LogP) is 3.60. The number of aryl methyl sites for hydroxylation is 1. The topological polar surface area (TPSA) is 75.6 Å². The van der Waals surface area contributed by atoms with E-state index < -0.39 is 29.1 Å². The number of esters is 1. The number of hydrogen-bond donors (Lipinski definition) is 2. The van der Waals surface area contributed by atoms with Gasteiger partial charge in [-0.3, -0.25) is 4.79 Å². The SMILES string of the molecule is COC(=O)[C@@H](NS(=O)c1ccc(C#Cc2ccccc2-c2ccc(C)cc2)cc1)[C@@H](C)O. The minimum atomic E-state index is -1.69. The molecule has 0 aromatic heterocycles. The van der Waals surface area contributed by atoms with Crippen molar-refractivity contribution in [3.63, 3.8) is 0 Å². The number of aliphatic hydroxyl groups is 1. The molecule has 3 aromatic carbocycles. The van der Waals surface area contributed by atoms with Crippen LogP contribution in [-0.4, -0.2) is 34.5 Å². The van der Waals surface area contributed by atoms with Gasteiger partial charge in [0, 0.05) is 11.1 Å². The fourth-order valence-corrected chi connectivity index (χ4v) is 4.08. The van der Waals surface area contributed by atoms with Crippen LogP contribution in [0.25, 0.3) is 11.1 Å². The minimum absolute atomic E-state index is 0.463. The first kappa shape index (κ1) is 23.4. The molecule has 0 aliphatic carbocycles. The molecular formula is C26H25NO4S. The molecule has 5 nitrogen and oxygen atoms in total. The number of aliphatic hydroxyl groups excluding tert-OH is 1. The molecule has 0 amide bonds. The fraction of sp³-hybridized carbons (Fsp3) is 0.192. The molecule has 3 rings (SSSR count). The number of benzene rings is 3. The van der Waals surface area contributed by atoms with Gasteiger partial charge in [-0.1, -0.05) is 59.9 Å². The van der Waals surface area contributed by atoms with Crippen LogP contribution in [0.5, 0.6) is 0 Å². The third-order valence-corrected chi connectivity index (χ3v) is 6.04. The monoisotopic (exact) mass is 447 g/mol. The molecular weight excluding hydrogens is 422 g/mol. The summed E-state index contributed by atoms with van der Waals surface area (Å²) in [6.07, 6.45) is -1.05. The first-order chi connectivity index (χ1) is 15.4. The number of ether oxygens (including phenoxy) is 1. The Labute approximate surface area is 191 Å². The van der Waals surface area contributed by atoms with E-state index in [1.165, 1.54) is 19.6 Å². The summed E-state index contributed by atoms with van der Waals surface area (Å²) < 4.78 is 19.8. The zero-order chi connectivity index (χ0) is 23.1. The lowest BCUT2D eigenvalue weighted by molar-refractivity contribution is -0.145. The maximum atomic E-state index is 12.5. The predicted molar refractivity (Wildman–Crippen MR) is 126 cm³/mol. The van der Waals surface area contributed by atoms with E-state index in [0.717, 1.165) is 22.3 Å². The minimum Gasteiger partial charge on any atom is -0.468 e. The molecule has 0 aliphatic rings. The highest BCUT2D eigenvalue weighted by molar-refractivity contribution is 7.83. The number of carbonyl (C=O) groups excluding carboxylic acids is 1. The van der Waals surface area contributed by atoms with Gasteiger partial charge in [0.25, 0.3) is 0 Å². The van der Waals surface area contributed by atoms with Crippen molar-refractivity contribution < 1.29 is 18.8 Å². The van der Waals surface area contributed by atoms with Gasteiger partial charge in [-0.05, 0) is 55.3 Å². The number of nitrogens with one attached hydrogen (secondary N) is 1. The lowest BCUT2D eigenvalue weighted by Crippen LogP contribution is -2.46. The van der Waals surface area contributed by atoms with Crippen LogP contribution in [-0.2, 0) is 20.5 Å². The molecule has 3 aromatic rings. The van der Waals surface area contributed by atoms with Crippen molar-refractivity contribution in [2.45, 2.75) is 30.9 Å². The van der Waals surface area contributed by atoms with Crippen LogP contribution in [0.4, 0.5) is 0 Å². The summed E-state index contributed by atoms with van der Waals surface area (Å²) in [6.45, 7) is 3.49. The molecule has 0 heterocycles. The van der Waals surface area contributed by atoms with Gasteiger partial charge in [-0.2, -0.15) is 0 Å². The van der Waals surface area contributed by atoms with Gasteiger partial charge >= 0.3 is 5.97 Å². The van der Waals surface area contributed by atoms with Crippen LogP contribution >= 0.6 is 0 Å². The molecule has 0 saturated carbocycles. The molecule has 1 unspecified atom stereocenters. The third-order valence-electron chi connectivity index (χ3n) is 4.87. The summed E-state index contributed by atoms with van der Waals surface area (Å²) >= 11 is 0. The van der Waals surface area contributed by atoms with Crippen LogP contribution < -0.4 is 4.72 Å². The van der Waals surface area contributed by atoms with Crippen molar-refractivity contribution in [3.05, 3.63) is 89.5 Å². The number of hydrogen-bond acceptors (Lipinski definition) is 4. The average molecular weight is 448 g/mol. The Kier molecular flexibility index (Phi) is 7.96. The smallest absolute Gasteiger partial charge is 0.326 e. The second-order valence-corrected chi connectivity index (χ2v) is 8.56. The van der Waals surface area contributed by atoms with Gasteiger partial charge in [0.15, 0.2) is 0 Å². The Balaban J connectivity index is 1.77. The molecule has 32 heavy (non-hydrogen) atoms. The van der Waals surface area contributed by atoms with Crippen molar-refractivity contribution in [2.24, 2.45) is 0 Å². The van der Waals surface area contributed by atoms with E-state index in [-0.39, 0.29) is 0 Å². The van der Waals surface area contributed by atoms with Gasteiger partial charge in [-0.25, -0.2) is 8.93 Å². The summed E-state index contributed by atoms with van der Waals surface area (Å²) in [5.41, 5.74) is 5.06. The van der Waals surface area contributed by atoms with Gasteiger partial charge in [0.05, 0.1) is 18.1 Å². The molecule has 164 valence electrons. The second kappa shape index (κ2) is 10.9. The van der Waals surface area contributed by atoms with E-state index in [0.29, 0.717) is 4.90 Å². The van der Waals surface area contributed by atoms with E-state index in [1.54, 1.807) is 24.3 Å². The van der Waals surface area contributed by atoms with Gasteiger partial charge in [0.2, 0.25) is 0 Å². The standard InChI is InChI=1S/C26H25NO4S/c1-18-8-13-22(14-9-18)24-7-5-4-6-21(24)15-10-20-11-16-23(17-12-20)32(30)27-25(19(2)28)26(29)31-3/h4-9,11-14,16-17,19,25,27-28H,1-3H3/t19-,25+,32?/m1/s1. The summed E-state index contributed by atoms with van der Waals surface area (Å²) in [7, 11) is -0.479. The maximum Gasteiger partial charge on any atom is 0.326 e. The molecule has 0 saturated heterocycles. The van der Waals surface area contributed by atoms with Crippen molar-refractivity contribution in [1.29, 1.82) is 0 Å². The highest BCUT2D eigenvalue weighted by Gasteiger charge is 2.26. The Morgan fingerprint density at radius 2 is 1.66 bits per heavy atom. The van der Waals surface area contributed by atoms with E-state index >= 15 is 0 Å². The van der Waals surface area contributed by atoms with E-state index in [4.69, 9.17) is 0 Å². The second-order valence-electron chi connectivity index (χ2n) is 7.31. The van der Waals surface area contributed by atoms with Gasteiger partial charge in [0.1, 0.15) is 17.0 Å². The van der Waals surface area contributed by atoms with Crippen molar-refractivity contribution in [2.75, 3.05) is 7.11 Å². The molecule has 0 fully saturated rings. The number of carbonyl (C=O) groups is 1. The first-order valence-corrected chi connectivity index (χ1v) is 11.3. The average Bonchev–Trinajstić information content (AvgIpc) is 2.81. The quantitative estimate of drug-likeness (QED) is 0.447. The van der Waals surface area contributed by atoms with E-state index in [1.807, 2.05) is 24.3 Å². The fourth-order valence-electron chi connectivity index (χ4n) is 3.03. The van der Waals surface area contributed by atoms with Crippen LogP contribution in [0.1, 0.15) is 23.6 Å². The Hall–Kier alpha value is -3.24. The molecule has 3 atom stereocenters. The number of rotatable bonds is 6. The summed E-state index contributed by atoms with van der Waals surface area (Å²) in [6, 6.07) is 22.1. The first-order valence-electron chi connectivity index (χ1n) is 10.1. The van der Waals surface area contributed by atoms with E-state index in [2.05, 4.69) is 52.5 Å². The van der Waals surface area contributed by atoms with Gasteiger partial charge in [-0.15, -0.1) is 0 Å². The molecule has 0 aliphatic heterocycles. The molecule has 0 bridgehead atoms. The van der Waals surface area contributed by atoms with Crippen LogP contribution in [0.2, 0.25) is 0 Å². The van der Waals surface area contributed by atoms with Crippen LogP contribution in [0, 0.1) is 18.8 Å². The lowest BCUT2D eigenvalue weighted by atomic mass is 9.99. The van der Waals surface area contributed by atoms with Crippen LogP contribution in [0.15, 0.2) is 77.7 Å². The zero-order valence-corrected chi connectivity index (χ0v) is 19.0. The highest BCUT2D eigenvalue weighted by atomic mass is 32.2. The molecule has 2 N–H and O–H groups in total. The zero-order valence-electron chi connectivity index (χ0n) is 18.2. The molecule has 6 heteroatoms. The normalized spacial score (nSPS) is 13.4. The van der Waals surface area contributed by atoms with Crippen molar-refractivity contribution >= 4 is 17.0 Å². The lowest BCUT2D eigenvalue weighted by Gasteiger charge is -2.18. The Bertz CT molecular complexity index is 1160. The largest absolute Gasteiger partial charge is 0.468 e. The summed E-state index contributed by atoms with van der Waals surface area (Å²) in [5, 5.41) is 9.73. The molecule has 0 radical (unpaired) electrons. The summed E-state index contributed by atoms with van der Waals surface area (Å²) in [5.74, 6) is 5.70. The van der Waals surface area contributed by atoms with Crippen molar-refractivity contribution in [1.82, 2.24) is 4.72 Å². The maximum absolute atomic E-state index is 12.5. The highest BCUT2D eigenvalue weighted by Crippen LogP contribution is 2.23. The molecule has 0 spiro atoms. The third kappa shape index (κ3) is 5.92. The van der Waals surface area contributed by atoms with Crippen molar-refractivity contribution in [3.8, 4) is 23.0 Å². The Morgan fingerprint density at radius 3 is 2.28 bits per heavy atom. The van der Waals surface area contributed by atoms with Gasteiger partial charge < -0.3 is 9.84 Å².